The van der Waals surface area contributed by atoms with E-state index in [0.717, 1.165) is 0 Å². The van der Waals surface area contributed by atoms with Crippen molar-refractivity contribution in [3.8, 4) is 17.1 Å². The van der Waals surface area contributed by atoms with Gasteiger partial charge in [-0.05, 0) is 41.6 Å². The van der Waals surface area contributed by atoms with Crippen LogP contribution in [0.15, 0.2) is 48.5 Å². The highest BCUT2D eigenvalue weighted by Gasteiger charge is 2.13. The van der Waals surface area contributed by atoms with Crippen molar-refractivity contribution in [2.24, 2.45) is 0 Å². The largest absolute Gasteiger partial charge is 0.492 e. The monoisotopic (exact) mass is 389 g/mol. The zero-order valence-corrected chi connectivity index (χ0v) is 15.3. The van der Waals surface area contributed by atoms with Crippen molar-refractivity contribution in [2.75, 3.05) is 20.2 Å². The molecule has 0 N–H and O–H groups in total. The van der Waals surface area contributed by atoms with E-state index < -0.39 is 0 Å². The molecule has 0 spiro atoms. The lowest BCUT2D eigenvalue weighted by atomic mass is 10.2. The van der Waals surface area contributed by atoms with Crippen LogP contribution in [0, 0.1) is 5.82 Å². The number of aromatic nitrogens is 4. The smallest absolute Gasteiger partial charge is 0.246 e. The van der Waals surface area contributed by atoms with Crippen LogP contribution in [0.4, 0.5) is 4.39 Å². The molecule has 2 aromatic carbocycles. The Hall–Kier alpha value is -3.00. The maximum atomic E-state index is 13.3. The molecule has 1 heterocycles. The van der Waals surface area contributed by atoms with Gasteiger partial charge in [-0.1, -0.05) is 23.7 Å². The van der Waals surface area contributed by atoms with Gasteiger partial charge in [0.1, 0.15) is 24.7 Å². The van der Waals surface area contributed by atoms with Gasteiger partial charge in [-0.15, -0.1) is 10.2 Å². The summed E-state index contributed by atoms with van der Waals surface area (Å²) in [7, 11) is 1.66. The minimum Gasteiger partial charge on any atom is -0.492 e. The summed E-state index contributed by atoms with van der Waals surface area (Å²) in [4.78, 5) is 15.0. The molecular weight excluding hydrogens is 373 g/mol. The number of hydrogen-bond acceptors (Lipinski definition) is 5. The molecule has 140 valence electrons. The van der Waals surface area contributed by atoms with Crippen molar-refractivity contribution >= 4 is 17.5 Å². The van der Waals surface area contributed by atoms with Gasteiger partial charge < -0.3 is 9.64 Å². The number of benzene rings is 2. The van der Waals surface area contributed by atoms with E-state index in [2.05, 4.69) is 15.4 Å². The number of carbonyl (C=O) groups excluding carboxylic acids is 1. The number of likely N-dealkylation sites (N-methyl/N-ethyl adjacent to an activating group) is 1. The van der Waals surface area contributed by atoms with E-state index in [1.165, 1.54) is 21.8 Å². The molecule has 1 amide bonds. The molecule has 3 rings (SSSR count). The van der Waals surface area contributed by atoms with Gasteiger partial charge in [0.05, 0.1) is 6.54 Å². The molecule has 9 heteroatoms. The summed E-state index contributed by atoms with van der Waals surface area (Å²) in [5.74, 6) is 0.354. The quantitative estimate of drug-likeness (QED) is 0.621. The number of amides is 1. The summed E-state index contributed by atoms with van der Waals surface area (Å²) in [5.41, 5.74) is 0.499. The first-order chi connectivity index (χ1) is 13.0. The number of nitrogens with zero attached hydrogens (tertiary/aromatic N) is 5. The van der Waals surface area contributed by atoms with Crippen molar-refractivity contribution in [3.05, 3.63) is 59.4 Å². The van der Waals surface area contributed by atoms with Crippen LogP contribution in [0.2, 0.25) is 5.02 Å². The second-order valence-electron chi connectivity index (χ2n) is 5.77. The normalized spacial score (nSPS) is 10.6. The third kappa shape index (κ3) is 5.24. The third-order valence-corrected chi connectivity index (χ3v) is 4.00. The number of carbonyl (C=O) groups is 1. The Kier molecular flexibility index (Phi) is 5.97. The predicted octanol–water partition coefficient (Wildman–Crippen LogP) is 2.67. The molecule has 0 atom stereocenters. The van der Waals surface area contributed by atoms with Crippen LogP contribution in [0.1, 0.15) is 0 Å². The third-order valence-electron chi connectivity index (χ3n) is 3.75. The van der Waals surface area contributed by atoms with Gasteiger partial charge in [0.15, 0.2) is 0 Å². The Morgan fingerprint density at radius 2 is 2.04 bits per heavy atom. The molecule has 0 aliphatic rings. The number of halogens is 2. The molecule has 0 aliphatic carbocycles. The molecule has 0 aliphatic heterocycles. The first-order valence-electron chi connectivity index (χ1n) is 8.17. The lowest BCUT2D eigenvalue weighted by Gasteiger charge is -2.17. The second-order valence-corrected chi connectivity index (χ2v) is 6.21. The predicted molar refractivity (Wildman–Crippen MR) is 97.8 cm³/mol. The minimum atomic E-state index is -0.389. The molecule has 0 saturated carbocycles. The average Bonchev–Trinajstić information content (AvgIpc) is 3.12. The summed E-state index contributed by atoms with van der Waals surface area (Å²) >= 11 is 5.82. The topological polar surface area (TPSA) is 73.1 Å². The Bertz CT molecular complexity index is 916. The summed E-state index contributed by atoms with van der Waals surface area (Å²) in [6.07, 6.45) is 0. The van der Waals surface area contributed by atoms with Gasteiger partial charge in [-0.3, -0.25) is 4.79 Å². The number of rotatable bonds is 7. The maximum Gasteiger partial charge on any atom is 0.246 e. The molecular formula is C18H17ClFN5O2. The van der Waals surface area contributed by atoms with E-state index in [9.17, 15) is 9.18 Å². The summed E-state index contributed by atoms with van der Waals surface area (Å²) in [6.45, 7) is 0.663. The Morgan fingerprint density at radius 1 is 1.26 bits per heavy atom. The van der Waals surface area contributed by atoms with Gasteiger partial charge in [0.25, 0.3) is 0 Å². The highest BCUT2D eigenvalue weighted by Crippen LogP contribution is 2.16. The highest BCUT2D eigenvalue weighted by atomic mass is 35.5. The van der Waals surface area contributed by atoms with Crippen molar-refractivity contribution in [2.45, 2.75) is 6.54 Å². The van der Waals surface area contributed by atoms with Crippen molar-refractivity contribution in [1.82, 2.24) is 25.1 Å². The zero-order valence-electron chi connectivity index (χ0n) is 14.5. The molecule has 0 radical (unpaired) electrons. The van der Waals surface area contributed by atoms with Crippen LogP contribution in [0.25, 0.3) is 11.4 Å². The van der Waals surface area contributed by atoms with E-state index >= 15 is 0 Å². The highest BCUT2D eigenvalue weighted by molar-refractivity contribution is 6.30. The SMILES string of the molecule is CN(CCOc1ccc(Cl)cc1)C(=O)Cn1nnc(-c2cccc(F)c2)n1. The van der Waals surface area contributed by atoms with Gasteiger partial charge >= 0.3 is 0 Å². The van der Waals surface area contributed by atoms with Gasteiger partial charge in [0.2, 0.25) is 11.7 Å². The molecule has 27 heavy (non-hydrogen) atoms. The molecule has 0 bridgehead atoms. The van der Waals surface area contributed by atoms with E-state index in [1.807, 2.05) is 0 Å². The van der Waals surface area contributed by atoms with Crippen molar-refractivity contribution < 1.29 is 13.9 Å². The minimum absolute atomic E-state index is 0.0697. The van der Waals surface area contributed by atoms with Crippen LogP contribution in [-0.4, -0.2) is 51.2 Å². The van der Waals surface area contributed by atoms with Gasteiger partial charge in [0, 0.05) is 17.6 Å². The van der Waals surface area contributed by atoms with Crippen molar-refractivity contribution in [1.29, 1.82) is 0 Å². The fraction of sp³-hybridized carbons (Fsp3) is 0.222. The first kappa shape index (κ1) is 18.8. The van der Waals surface area contributed by atoms with E-state index in [-0.39, 0.29) is 24.1 Å². The van der Waals surface area contributed by atoms with E-state index in [0.29, 0.717) is 29.5 Å². The standard InChI is InChI=1S/C18H17ClFN5O2/c1-24(9-10-27-16-7-5-14(19)6-8-16)17(26)12-25-22-18(21-23-25)13-3-2-4-15(20)11-13/h2-8,11H,9-10,12H2,1H3. The number of hydrogen-bond donors (Lipinski definition) is 0. The number of ether oxygens (including phenoxy) is 1. The number of tetrazole rings is 1. The molecule has 0 saturated heterocycles. The molecule has 1 aromatic heterocycles. The fourth-order valence-corrected chi connectivity index (χ4v) is 2.38. The molecule has 7 nitrogen and oxygen atoms in total. The Morgan fingerprint density at radius 3 is 2.78 bits per heavy atom. The fourth-order valence-electron chi connectivity index (χ4n) is 2.25. The Labute approximate surface area is 160 Å². The summed E-state index contributed by atoms with van der Waals surface area (Å²) < 4.78 is 18.8. The average molecular weight is 390 g/mol. The maximum absolute atomic E-state index is 13.3. The van der Waals surface area contributed by atoms with Crippen LogP contribution >= 0.6 is 11.6 Å². The van der Waals surface area contributed by atoms with E-state index in [1.54, 1.807) is 43.4 Å². The zero-order chi connectivity index (χ0) is 19.2. The first-order valence-corrected chi connectivity index (χ1v) is 8.55. The molecule has 0 unspecified atom stereocenters. The second kappa shape index (κ2) is 8.59. The van der Waals surface area contributed by atoms with E-state index in [4.69, 9.17) is 16.3 Å². The van der Waals surface area contributed by atoms with Crippen LogP contribution in [0.3, 0.4) is 0 Å². The lowest BCUT2D eigenvalue weighted by Crippen LogP contribution is -2.34. The Balaban J connectivity index is 1.50. The van der Waals surface area contributed by atoms with Crippen LogP contribution in [0.5, 0.6) is 5.75 Å². The lowest BCUT2D eigenvalue weighted by molar-refractivity contribution is -0.131. The summed E-state index contributed by atoms with van der Waals surface area (Å²) in [6, 6.07) is 12.9. The molecule has 0 fully saturated rings. The van der Waals surface area contributed by atoms with Crippen LogP contribution in [-0.2, 0) is 11.3 Å². The van der Waals surface area contributed by atoms with Crippen LogP contribution < -0.4 is 4.74 Å². The van der Waals surface area contributed by atoms with Gasteiger partial charge in [-0.2, -0.15) is 4.80 Å². The van der Waals surface area contributed by atoms with Crippen molar-refractivity contribution in [3.63, 3.8) is 0 Å². The summed E-state index contributed by atoms with van der Waals surface area (Å²) in [5, 5.41) is 12.4. The molecule has 3 aromatic rings. The van der Waals surface area contributed by atoms with Gasteiger partial charge in [-0.25, -0.2) is 4.39 Å².